The van der Waals surface area contributed by atoms with Crippen molar-refractivity contribution in [2.24, 2.45) is 11.7 Å². The molecule has 102 valence electrons. The molecule has 1 aliphatic heterocycles. The van der Waals surface area contributed by atoms with Gasteiger partial charge in [-0.3, -0.25) is 14.5 Å². The molecule has 0 aliphatic carbocycles. The SMILES string of the molecule is CC1CC(=O)N(CC(CN)c2ccccc2)C(=O)C1. The molecule has 1 unspecified atom stereocenters. The van der Waals surface area contributed by atoms with Gasteiger partial charge in [0.2, 0.25) is 11.8 Å². The highest BCUT2D eigenvalue weighted by atomic mass is 16.2. The Hall–Kier alpha value is -1.68. The Kier molecular flexibility index (Phi) is 4.32. The zero-order valence-corrected chi connectivity index (χ0v) is 11.2. The average molecular weight is 260 g/mol. The number of imide groups is 1. The monoisotopic (exact) mass is 260 g/mol. The van der Waals surface area contributed by atoms with Gasteiger partial charge in [0.1, 0.15) is 0 Å². The van der Waals surface area contributed by atoms with Crippen molar-refractivity contribution >= 4 is 11.8 Å². The van der Waals surface area contributed by atoms with Crippen molar-refractivity contribution in [3.05, 3.63) is 35.9 Å². The fourth-order valence-corrected chi connectivity index (χ4v) is 2.49. The number of amides is 2. The molecular weight excluding hydrogens is 240 g/mol. The fourth-order valence-electron chi connectivity index (χ4n) is 2.49. The maximum absolute atomic E-state index is 12.0. The first-order chi connectivity index (χ1) is 9.11. The van der Waals surface area contributed by atoms with Gasteiger partial charge in [-0.2, -0.15) is 0 Å². The molecule has 1 atom stereocenters. The maximum Gasteiger partial charge on any atom is 0.229 e. The van der Waals surface area contributed by atoms with Gasteiger partial charge in [0.15, 0.2) is 0 Å². The van der Waals surface area contributed by atoms with Crippen LogP contribution in [0.2, 0.25) is 0 Å². The Morgan fingerprint density at radius 2 is 1.79 bits per heavy atom. The summed E-state index contributed by atoms with van der Waals surface area (Å²) in [5.41, 5.74) is 6.86. The summed E-state index contributed by atoms with van der Waals surface area (Å²) in [4.78, 5) is 25.3. The number of carbonyl (C=O) groups is 2. The Balaban J connectivity index is 2.10. The Morgan fingerprint density at radius 3 is 2.32 bits per heavy atom. The molecule has 4 heteroatoms. The lowest BCUT2D eigenvalue weighted by Crippen LogP contribution is -2.45. The summed E-state index contributed by atoms with van der Waals surface area (Å²) in [7, 11) is 0. The molecule has 1 aromatic carbocycles. The molecule has 0 aromatic heterocycles. The Bertz CT molecular complexity index is 440. The molecule has 1 aromatic rings. The highest BCUT2D eigenvalue weighted by molar-refractivity contribution is 5.97. The van der Waals surface area contributed by atoms with Crippen LogP contribution in [0.1, 0.15) is 31.2 Å². The van der Waals surface area contributed by atoms with E-state index < -0.39 is 0 Å². The van der Waals surface area contributed by atoms with Crippen LogP contribution in [0.25, 0.3) is 0 Å². The number of likely N-dealkylation sites (tertiary alicyclic amines) is 1. The fraction of sp³-hybridized carbons (Fsp3) is 0.467. The van der Waals surface area contributed by atoms with Crippen molar-refractivity contribution in [2.45, 2.75) is 25.7 Å². The smallest absolute Gasteiger partial charge is 0.229 e. The number of benzene rings is 1. The highest BCUT2D eigenvalue weighted by Crippen LogP contribution is 2.23. The van der Waals surface area contributed by atoms with Gasteiger partial charge in [-0.1, -0.05) is 37.3 Å². The molecule has 1 fully saturated rings. The minimum Gasteiger partial charge on any atom is -0.330 e. The van der Waals surface area contributed by atoms with E-state index in [4.69, 9.17) is 5.73 Å². The summed E-state index contributed by atoms with van der Waals surface area (Å²) >= 11 is 0. The highest BCUT2D eigenvalue weighted by Gasteiger charge is 2.31. The van der Waals surface area contributed by atoms with E-state index in [2.05, 4.69) is 0 Å². The molecule has 19 heavy (non-hydrogen) atoms. The van der Waals surface area contributed by atoms with E-state index in [9.17, 15) is 9.59 Å². The van der Waals surface area contributed by atoms with Crippen molar-refractivity contribution in [3.8, 4) is 0 Å². The third kappa shape index (κ3) is 3.20. The van der Waals surface area contributed by atoms with Gasteiger partial charge in [-0.25, -0.2) is 0 Å². The van der Waals surface area contributed by atoms with Crippen LogP contribution in [0.5, 0.6) is 0 Å². The molecule has 1 aliphatic rings. The molecule has 2 rings (SSSR count). The largest absolute Gasteiger partial charge is 0.330 e. The number of nitrogens with two attached hydrogens (primary N) is 1. The van der Waals surface area contributed by atoms with Crippen LogP contribution in [0, 0.1) is 5.92 Å². The average Bonchev–Trinajstić information content (AvgIpc) is 2.39. The first kappa shape index (κ1) is 13.7. The predicted molar refractivity (Wildman–Crippen MR) is 73.4 cm³/mol. The standard InChI is InChI=1S/C15H20N2O2/c1-11-7-14(18)17(15(19)8-11)10-13(9-16)12-5-3-2-4-6-12/h2-6,11,13H,7-10,16H2,1H3. The van der Waals surface area contributed by atoms with Gasteiger partial charge >= 0.3 is 0 Å². The molecule has 0 radical (unpaired) electrons. The predicted octanol–water partition coefficient (Wildman–Crippen LogP) is 1.51. The first-order valence-corrected chi connectivity index (χ1v) is 6.70. The van der Waals surface area contributed by atoms with Crippen LogP contribution >= 0.6 is 0 Å². The summed E-state index contributed by atoms with van der Waals surface area (Å²) < 4.78 is 0. The molecular formula is C15H20N2O2. The second-order valence-electron chi connectivity index (χ2n) is 5.25. The lowest BCUT2D eigenvalue weighted by molar-refractivity contribution is -0.150. The summed E-state index contributed by atoms with van der Waals surface area (Å²) in [5.74, 6) is 0.0306. The third-order valence-corrected chi connectivity index (χ3v) is 3.61. The van der Waals surface area contributed by atoms with E-state index in [1.807, 2.05) is 37.3 Å². The van der Waals surface area contributed by atoms with Crippen LogP contribution in [0.15, 0.2) is 30.3 Å². The molecule has 1 heterocycles. The number of carbonyl (C=O) groups excluding carboxylic acids is 2. The van der Waals surface area contributed by atoms with Crippen LogP contribution in [0.4, 0.5) is 0 Å². The van der Waals surface area contributed by atoms with Crippen LogP contribution < -0.4 is 5.73 Å². The summed E-state index contributed by atoms with van der Waals surface area (Å²) in [6, 6.07) is 9.80. The molecule has 2 N–H and O–H groups in total. The van der Waals surface area contributed by atoms with Gasteiger partial charge in [0.05, 0.1) is 0 Å². The van der Waals surface area contributed by atoms with Gasteiger partial charge in [0, 0.05) is 31.8 Å². The van der Waals surface area contributed by atoms with E-state index in [1.165, 1.54) is 4.90 Å². The minimum atomic E-state index is -0.0712. The van der Waals surface area contributed by atoms with E-state index in [-0.39, 0.29) is 23.7 Å². The molecule has 1 saturated heterocycles. The van der Waals surface area contributed by atoms with Gasteiger partial charge < -0.3 is 5.73 Å². The van der Waals surface area contributed by atoms with E-state index >= 15 is 0 Å². The second kappa shape index (κ2) is 5.97. The van der Waals surface area contributed by atoms with Crippen molar-refractivity contribution in [2.75, 3.05) is 13.1 Å². The third-order valence-electron chi connectivity index (χ3n) is 3.61. The van der Waals surface area contributed by atoms with Crippen LogP contribution in [-0.4, -0.2) is 29.8 Å². The number of hydrogen-bond acceptors (Lipinski definition) is 3. The van der Waals surface area contributed by atoms with E-state index in [0.717, 1.165) is 5.56 Å². The second-order valence-corrected chi connectivity index (χ2v) is 5.25. The molecule has 4 nitrogen and oxygen atoms in total. The molecule has 0 bridgehead atoms. The zero-order valence-electron chi connectivity index (χ0n) is 11.2. The van der Waals surface area contributed by atoms with Crippen molar-refractivity contribution in [1.29, 1.82) is 0 Å². The summed E-state index contributed by atoms with van der Waals surface area (Å²) in [6.07, 6.45) is 0.912. The normalized spacial score (nSPS) is 18.7. The molecule has 0 saturated carbocycles. The number of nitrogens with zero attached hydrogens (tertiary/aromatic N) is 1. The van der Waals surface area contributed by atoms with Crippen molar-refractivity contribution in [1.82, 2.24) is 4.90 Å². The summed E-state index contributed by atoms with van der Waals surface area (Å²) in [5, 5.41) is 0. The zero-order chi connectivity index (χ0) is 13.8. The first-order valence-electron chi connectivity index (χ1n) is 6.70. The lowest BCUT2D eigenvalue weighted by Gasteiger charge is -2.31. The Morgan fingerprint density at radius 1 is 1.21 bits per heavy atom. The molecule has 0 spiro atoms. The van der Waals surface area contributed by atoms with Gasteiger partial charge in [0.25, 0.3) is 0 Å². The number of rotatable bonds is 4. The van der Waals surface area contributed by atoms with Crippen LogP contribution in [0.3, 0.4) is 0 Å². The lowest BCUT2D eigenvalue weighted by atomic mass is 9.94. The maximum atomic E-state index is 12.0. The van der Waals surface area contributed by atoms with Gasteiger partial charge in [-0.05, 0) is 11.5 Å². The minimum absolute atomic E-state index is 0.0162. The number of hydrogen-bond donors (Lipinski definition) is 1. The van der Waals surface area contributed by atoms with Gasteiger partial charge in [-0.15, -0.1) is 0 Å². The summed E-state index contributed by atoms with van der Waals surface area (Å²) in [6.45, 7) is 2.76. The van der Waals surface area contributed by atoms with E-state index in [1.54, 1.807) is 0 Å². The Labute approximate surface area is 113 Å². The van der Waals surface area contributed by atoms with E-state index in [0.29, 0.717) is 25.9 Å². The molecule has 2 amide bonds. The van der Waals surface area contributed by atoms with Crippen molar-refractivity contribution < 1.29 is 9.59 Å². The topological polar surface area (TPSA) is 63.4 Å². The number of piperidine rings is 1. The quantitative estimate of drug-likeness (QED) is 0.835. The van der Waals surface area contributed by atoms with Crippen molar-refractivity contribution in [3.63, 3.8) is 0 Å². The van der Waals surface area contributed by atoms with Crippen LogP contribution in [-0.2, 0) is 9.59 Å².